The topological polar surface area (TPSA) is 34.9 Å². The lowest BCUT2D eigenvalue weighted by molar-refractivity contribution is -0.117. The first-order valence-electron chi connectivity index (χ1n) is 4.85. The molecule has 78 valence electrons. The molecule has 1 rings (SSSR count). The van der Waals surface area contributed by atoms with Gasteiger partial charge >= 0.3 is 0 Å². The Morgan fingerprint density at radius 1 is 1.50 bits per heavy atom. The Morgan fingerprint density at radius 3 is 2.50 bits per heavy atom. The molecule has 0 unspecified atom stereocenters. The van der Waals surface area contributed by atoms with Crippen LogP contribution in [0.15, 0.2) is 6.07 Å². The molecule has 0 spiro atoms. The van der Waals surface area contributed by atoms with Gasteiger partial charge in [0.15, 0.2) is 5.78 Å². The quantitative estimate of drug-likeness (QED) is 0.722. The lowest BCUT2D eigenvalue weighted by Gasteiger charge is -2.19. The van der Waals surface area contributed by atoms with E-state index in [9.17, 15) is 4.79 Å². The monoisotopic (exact) mass is 194 g/mol. The summed E-state index contributed by atoms with van der Waals surface area (Å²) in [5, 5.41) is 4.31. The zero-order valence-electron chi connectivity index (χ0n) is 9.59. The Morgan fingerprint density at radius 2 is 2.07 bits per heavy atom. The number of aromatic nitrogens is 2. The molecule has 1 aromatic heterocycles. The number of Topliss-reactive ketones (excluding diaryl/α,β-unsaturated/α-hetero) is 1. The molecular formula is C11H18N2O. The van der Waals surface area contributed by atoms with Gasteiger partial charge in [-0.05, 0) is 19.9 Å². The fourth-order valence-corrected chi connectivity index (χ4v) is 1.48. The smallest absolute Gasteiger partial charge is 0.151 e. The molecule has 0 radical (unpaired) electrons. The van der Waals surface area contributed by atoms with Crippen LogP contribution in [0, 0.1) is 6.92 Å². The van der Waals surface area contributed by atoms with Crippen LogP contribution in [0.1, 0.15) is 39.1 Å². The molecule has 14 heavy (non-hydrogen) atoms. The van der Waals surface area contributed by atoms with Crippen LogP contribution >= 0.6 is 0 Å². The van der Waals surface area contributed by atoms with E-state index in [-0.39, 0.29) is 11.2 Å². The summed E-state index contributed by atoms with van der Waals surface area (Å²) in [7, 11) is 0. The minimum atomic E-state index is 0.0384. The minimum absolute atomic E-state index is 0.0384. The molecule has 0 amide bonds. The third kappa shape index (κ3) is 2.44. The van der Waals surface area contributed by atoms with E-state index in [1.165, 1.54) is 0 Å². The van der Waals surface area contributed by atoms with E-state index in [1.54, 1.807) is 11.6 Å². The SMILES string of the molecule is CC(=O)Cn1nc(C)cc1C(C)(C)C. The van der Waals surface area contributed by atoms with Gasteiger partial charge in [-0.3, -0.25) is 9.48 Å². The third-order valence-corrected chi connectivity index (χ3v) is 2.04. The van der Waals surface area contributed by atoms with Crippen molar-refractivity contribution in [3.05, 3.63) is 17.5 Å². The molecule has 0 aliphatic rings. The van der Waals surface area contributed by atoms with Gasteiger partial charge in [0, 0.05) is 11.1 Å². The van der Waals surface area contributed by atoms with Gasteiger partial charge in [0.25, 0.3) is 0 Å². The Labute approximate surface area is 85.1 Å². The highest BCUT2D eigenvalue weighted by Gasteiger charge is 2.20. The number of ketones is 1. The second-order valence-corrected chi connectivity index (χ2v) is 4.78. The average molecular weight is 194 g/mol. The molecule has 0 aliphatic carbocycles. The van der Waals surface area contributed by atoms with E-state index < -0.39 is 0 Å². The fraction of sp³-hybridized carbons (Fsp3) is 0.636. The molecule has 3 nitrogen and oxygen atoms in total. The molecule has 0 bridgehead atoms. The highest BCUT2D eigenvalue weighted by molar-refractivity contribution is 5.75. The van der Waals surface area contributed by atoms with Crippen LogP contribution in [0.4, 0.5) is 0 Å². The Balaban J connectivity index is 3.09. The largest absolute Gasteiger partial charge is 0.298 e. The average Bonchev–Trinajstić information content (AvgIpc) is 2.28. The van der Waals surface area contributed by atoms with Crippen LogP contribution in [-0.2, 0) is 16.8 Å². The van der Waals surface area contributed by atoms with Crippen molar-refractivity contribution < 1.29 is 4.79 Å². The van der Waals surface area contributed by atoms with E-state index in [0.717, 1.165) is 11.4 Å². The summed E-state index contributed by atoms with van der Waals surface area (Å²) in [5.41, 5.74) is 2.12. The minimum Gasteiger partial charge on any atom is -0.298 e. The number of hydrogen-bond donors (Lipinski definition) is 0. The van der Waals surface area contributed by atoms with Crippen LogP contribution in [0.25, 0.3) is 0 Å². The van der Waals surface area contributed by atoms with E-state index in [4.69, 9.17) is 0 Å². The highest BCUT2D eigenvalue weighted by Crippen LogP contribution is 2.22. The van der Waals surface area contributed by atoms with Crippen molar-refractivity contribution in [3.63, 3.8) is 0 Å². The Hall–Kier alpha value is -1.12. The first-order chi connectivity index (χ1) is 6.30. The van der Waals surface area contributed by atoms with Crippen molar-refractivity contribution in [2.75, 3.05) is 0 Å². The second-order valence-electron chi connectivity index (χ2n) is 4.78. The van der Waals surface area contributed by atoms with Gasteiger partial charge in [-0.2, -0.15) is 5.10 Å². The van der Waals surface area contributed by atoms with Crippen molar-refractivity contribution in [1.82, 2.24) is 9.78 Å². The standard InChI is InChI=1S/C11H18N2O/c1-8-6-10(11(3,4)5)13(12-8)7-9(2)14/h6H,7H2,1-5H3. The maximum absolute atomic E-state index is 11.0. The number of rotatable bonds is 2. The molecule has 0 aromatic carbocycles. The van der Waals surface area contributed by atoms with E-state index in [1.807, 2.05) is 13.0 Å². The molecule has 0 fully saturated rings. The van der Waals surface area contributed by atoms with Gasteiger partial charge in [0.1, 0.15) is 0 Å². The molecule has 1 heterocycles. The number of nitrogens with zero attached hydrogens (tertiary/aromatic N) is 2. The normalized spacial score (nSPS) is 11.8. The summed E-state index contributed by atoms with van der Waals surface area (Å²) >= 11 is 0. The summed E-state index contributed by atoms with van der Waals surface area (Å²) in [6.07, 6.45) is 0. The van der Waals surface area contributed by atoms with Crippen LogP contribution in [0.5, 0.6) is 0 Å². The first kappa shape index (κ1) is 11.0. The summed E-state index contributed by atoms with van der Waals surface area (Å²) in [5.74, 6) is 0.138. The Bertz CT molecular complexity index is 345. The van der Waals surface area contributed by atoms with E-state index >= 15 is 0 Å². The first-order valence-corrected chi connectivity index (χ1v) is 4.85. The molecule has 0 aliphatic heterocycles. The predicted molar refractivity (Wildman–Crippen MR) is 56.3 cm³/mol. The fourth-order valence-electron chi connectivity index (χ4n) is 1.48. The summed E-state index contributed by atoms with van der Waals surface area (Å²) < 4.78 is 1.80. The van der Waals surface area contributed by atoms with Crippen LogP contribution in [0.2, 0.25) is 0 Å². The van der Waals surface area contributed by atoms with Crippen molar-refractivity contribution in [2.24, 2.45) is 0 Å². The summed E-state index contributed by atoms with van der Waals surface area (Å²) in [6.45, 7) is 10.3. The highest BCUT2D eigenvalue weighted by atomic mass is 16.1. The van der Waals surface area contributed by atoms with Gasteiger partial charge in [0.2, 0.25) is 0 Å². The number of hydrogen-bond acceptors (Lipinski definition) is 2. The number of carbonyl (C=O) groups is 1. The molecule has 1 aromatic rings. The molecule has 0 saturated carbocycles. The van der Waals surface area contributed by atoms with E-state index in [2.05, 4.69) is 25.9 Å². The molecular weight excluding hydrogens is 176 g/mol. The van der Waals surface area contributed by atoms with Gasteiger partial charge in [0.05, 0.1) is 12.2 Å². The number of carbonyl (C=O) groups excluding carboxylic acids is 1. The summed E-state index contributed by atoms with van der Waals surface area (Å²) in [4.78, 5) is 11.0. The third-order valence-electron chi connectivity index (χ3n) is 2.04. The van der Waals surface area contributed by atoms with Gasteiger partial charge in [-0.1, -0.05) is 20.8 Å². The van der Waals surface area contributed by atoms with Crippen molar-refractivity contribution in [1.29, 1.82) is 0 Å². The predicted octanol–water partition coefficient (Wildman–Crippen LogP) is 2.08. The molecule has 0 saturated heterocycles. The van der Waals surface area contributed by atoms with Crippen molar-refractivity contribution in [3.8, 4) is 0 Å². The van der Waals surface area contributed by atoms with Gasteiger partial charge in [-0.15, -0.1) is 0 Å². The van der Waals surface area contributed by atoms with Gasteiger partial charge in [-0.25, -0.2) is 0 Å². The van der Waals surface area contributed by atoms with Crippen LogP contribution in [-0.4, -0.2) is 15.6 Å². The van der Waals surface area contributed by atoms with Crippen molar-refractivity contribution in [2.45, 2.75) is 46.6 Å². The number of aryl methyl sites for hydroxylation is 1. The summed E-state index contributed by atoms with van der Waals surface area (Å²) in [6, 6.07) is 2.04. The van der Waals surface area contributed by atoms with Crippen LogP contribution < -0.4 is 0 Å². The van der Waals surface area contributed by atoms with Gasteiger partial charge < -0.3 is 0 Å². The zero-order chi connectivity index (χ0) is 10.9. The van der Waals surface area contributed by atoms with Crippen molar-refractivity contribution >= 4 is 5.78 Å². The maximum atomic E-state index is 11.0. The second kappa shape index (κ2) is 3.56. The molecule has 0 atom stereocenters. The molecule has 0 N–H and O–H groups in total. The maximum Gasteiger partial charge on any atom is 0.151 e. The lowest BCUT2D eigenvalue weighted by atomic mass is 9.92. The van der Waals surface area contributed by atoms with E-state index in [0.29, 0.717) is 6.54 Å². The molecule has 3 heteroatoms. The van der Waals surface area contributed by atoms with Crippen LogP contribution in [0.3, 0.4) is 0 Å². The Kier molecular flexibility index (Phi) is 2.79. The zero-order valence-corrected chi connectivity index (χ0v) is 9.59. The lowest BCUT2D eigenvalue weighted by Crippen LogP contribution is -2.20.